The molecule has 0 saturated carbocycles. The number of benzene rings is 1. The van der Waals surface area contributed by atoms with Crippen LogP contribution in [0.4, 0.5) is 0 Å². The van der Waals surface area contributed by atoms with Gasteiger partial charge in [0, 0.05) is 30.1 Å². The van der Waals surface area contributed by atoms with Gasteiger partial charge in [-0.1, -0.05) is 0 Å². The lowest BCUT2D eigenvalue weighted by atomic mass is 10.1. The molecule has 0 spiro atoms. The Balaban J connectivity index is 2.35. The lowest BCUT2D eigenvalue weighted by Crippen LogP contribution is -2.51. The Morgan fingerprint density at radius 2 is 2.05 bits per heavy atom. The number of halogens is 1. The minimum absolute atomic E-state index is 0.0452. The first-order valence-corrected chi connectivity index (χ1v) is 7.73. The highest BCUT2D eigenvalue weighted by atomic mass is 79.9. The summed E-state index contributed by atoms with van der Waals surface area (Å²) in [5.74, 6) is -1.22. The van der Waals surface area contributed by atoms with E-state index in [0.717, 1.165) is 6.07 Å². The normalized spacial score (nSPS) is 17.2. The second-order valence-electron chi connectivity index (χ2n) is 4.32. The summed E-state index contributed by atoms with van der Waals surface area (Å²) in [6.45, 7) is 0.452. The Hall–Kier alpha value is -0.960. The van der Waals surface area contributed by atoms with E-state index in [9.17, 15) is 13.2 Å². The summed E-state index contributed by atoms with van der Waals surface area (Å²) in [7, 11) is -3.72. The van der Waals surface area contributed by atoms with Crippen LogP contribution in [0.5, 0.6) is 0 Å². The van der Waals surface area contributed by atoms with Gasteiger partial charge in [-0.3, -0.25) is 0 Å². The maximum Gasteiger partial charge on any atom is 0.335 e. The maximum absolute atomic E-state index is 12.3. The second-order valence-corrected chi connectivity index (χ2v) is 7.08. The van der Waals surface area contributed by atoms with E-state index in [1.54, 1.807) is 0 Å². The fourth-order valence-electron chi connectivity index (χ4n) is 1.81. The number of hydrogen-bond acceptors (Lipinski definition) is 4. The van der Waals surface area contributed by atoms with Crippen molar-refractivity contribution in [1.82, 2.24) is 4.31 Å². The van der Waals surface area contributed by atoms with Gasteiger partial charge in [0.05, 0.1) is 10.5 Å². The molecule has 0 amide bonds. The lowest BCUT2D eigenvalue weighted by molar-refractivity contribution is 0.0696. The molecule has 1 aromatic carbocycles. The third kappa shape index (κ3) is 2.66. The molecule has 1 heterocycles. The molecule has 0 atom stereocenters. The average Bonchev–Trinajstić information content (AvgIpc) is 2.27. The quantitative estimate of drug-likeness (QED) is 0.836. The molecular formula is C11H12BrNO5S. The summed E-state index contributed by atoms with van der Waals surface area (Å²) in [6.07, 6.45) is 0. The third-order valence-electron chi connectivity index (χ3n) is 2.98. The van der Waals surface area contributed by atoms with Crippen LogP contribution in [0.2, 0.25) is 0 Å². The molecule has 0 radical (unpaired) electrons. The zero-order valence-electron chi connectivity index (χ0n) is 9.78. The highest BCUT2D eigenvalue weighted by Crippen LogP contribution is 2.30. The molecule has 0 aromatic heterocycles. The monoisotopic (exact) mass is 349 g/mol. The van der Waals surface area contributed by atoms with E-state index in [2.05, 4.69) is 15.9 Å². The van der Waals surface area contributed by atoms with Gasteiger partial charge in [0.15, 0.2) is 0 Å². The zero-order chi connectivity index (χ0) is 14.2. The first-order valence-electron chi connectivity index (χ1n) is 5.50. The van der Waals surface area contributed by atoms with Gasteiger partial charge in [0.25, 0.3) is 0 Å². The van der Waals surface area contributed by atoms with Crippen LogP contribution in [0.15, 0.2) is 27.6 Å². The Morgan fingerprint density at radius 1 is 1.42 bits per heavy atom. The van der Waals surface area contributed by atoms with Crippen LogP contribution in [-0.2, 0) is 10.0 Å². The van der Waals surface area contributed by atoms with Crippen LogP contribution < -0.4 is 0 Å². The van der Waals surface area contributed by atoms with Crippen molar-refractivity contribution in [3.63, 3.8) is 0 Å². The summed E-state index contributed by atoms with van der Waals surface area (Å²) in [5.41, 5.74) is -0.0824. The Kier molecular flexibility index (Phi) is 3.95. The van der Waals surface area contributed by atoms with E-state index in [4.69, 9.17) is 10.2 Å². The minimum atomic E-state index is -3.72. The summed E-state index contributed by atoms with van der Waals surface area (Å²) >= 11 is 3.12. The lowest BCUT2D eigenvalue weighted by Gasteiger charge is -2.37. The van der Waals surface area contributed by atoms with Crippen LogP contribution in [0.25, 0.3) is 0 Å². The first-order chi connectivity index (χ1) is 8.86. The standard InChI is InChI=1S/C11H12BrNO5S/c12-9-2-1-8(11(15)16)3-10(9)19(17,18)13-4-7(5-13)6-14/h1-3,7,14H,4-6H2,(H,15,16). The summed E-state index contributed by atoms with van der Waals surface area (Å²) in [4.78, 5) is 10.8. The number of hydrogen-bond donors (Lipinski definition) is 2. The zero-order valence-corrected chi connectivity index (χ0v) is 12.2. The van der Waals surface area contributed by atoms with Gasteiger partial charge in [0.2, 0.25) is 10.0 Å². The Morgan fingerprint density at radius 3 is 2.58 bits per heavy atom. The number of aromatic carboxylic acids is 1. The summed E-state index contributed by atoms with van der Waals surface area (Å²) in [5, 5.41) is 17.8. The molecule has 104 valence electrons. The van der Waals surface area contributed by atoms with Gasteiger partial charge in [-0.05, 0) is 34.1 Å². The van der Waals surface area contributed by atoms with Crippen molar-refractivity contribution >= 4 is 31.9 Å². The molecule has 1 aliphatic rings. The Bertz CT molecular complexity index is 610. The summed E-state index contributed by atoms with van der Waals surface area (Å²) in [6, 6.07) is 3.87. The van der Waals surface area contributed by atoms with E-state index in [-0.39, 0.29) is 36.1 Å². The SMILES string of the molecule is O=C(O)c1ccc(Br)c(S(=O)(=O)N2CC(CO)C2)c1. The van der Waals surface area contributed by atoms with Crippen molar-refractivity contribution in [1.29, 1.82) is 0 Å². The van der Waals surface area contributed by atoms with Gasteiger partial charge >= 0.3 is 5.97 Å². The second kappa shape index (κ2) is 5.20. The van der Waals surface area contributed by atoms with Gasteiger partial charge in [-0.15, -0.1) is 0 Å². The largest absolute Gasteiger partial charge is 0.478 e. The van der Waals surface area contributed by atoms with E-state index in [0.29, 0.717) is 4.47 Å². The smallest absolute Gasteiger partial charge is 0.335 e. The number of aliphatic hydroxyl groups excluding tert-OH is 1. The molecule has 1 fully saturated rings. The molecule has 1 saturated heterocycles. The molecule has 0 unspecified atom stereocenters. The van der Waals surface area contributed by atoms with Crippen molar-refractivity contribution in [2.45, 2.75) is 4.90 Å². The maximum atomic E-state index is 12.3. The topological polar surface area (TPSA) is 94.9 Å². The molecule has 8 heteroatoms. The summed E-state index contributed by atoms with van der Waals surface area (Å²) < 4.78 is 26.1. The number of carboxylic acid groups (broad SMARTS) is 1. The first kappa shape index (κ1) is 14.4. The molecular weight excluding hydrogens is 338 g/mol. The van der Waals surface area contributed by atoms with Gasteiger partial charge in [0.1, 0.15) is 0 Å². The van der Waals surface area contributed by atoms with Crippen molar-refractivity contribution in [2.75, 3.05) is 19.7 Å². The molecule has 1 aliphatic heterocycles. The van der Waals surface area contributed by atoms with Crippen molar-refractivity contribution in [2.24, 2.45) is 5.92 Å². The van der Waals surface area contributed by atoms with Crippen LogP contribution >= 0.6 is 15.9 Å². The molecule has 0 bridgehead atoms. The van der Waals surface area contributed by atoms with Gasteiger partial charge < -0.3 is 10.2 Å². The van der Waals surface area contributed by atoms with E-state index >= 15 is 0 Å². The van der Waals surface area contributed by atoms with Crippen molar-refractivity contribution in [3.8, 4) is 0 Å². The molecule has 0 aliphatic carbocycles. The Labute approximate surface area is 118 Å². The third-order valence-corrected chi connectivity index (χ3v) is 5.80. The number of aliphatic hydroxyl groups is 1. The molecule has 2 rings (SSSR count). The fourth-order valence-corrected chi connectivity index (χ4v) is 4.35. The van der Waals surface area contributed by atoms with Crippen LogP contribution in [0.1, 0.15) is 10.4 Å². The fraction of sp³-hybridized carbons (Fsp3) is 0.364. The number of carboxylic acids is 1. The molecule has 2 N–H and O–H groups in total. The van der Waals surface area contributed by atoms with Crippen LogP contribution in [0.3, 0.4) is 0 Å². The molecule has 19 heavy (non-hydrogen) atoms. The average molecular weight is 350 g/mol. The van der Waals surface area contributed by atoms with Crippen LogP contribution in [-0.4, -0.2) is 48.6 Å². The minimum Gasteiger partial charge on any atom is -0.478 e. The predicted octanol–water partition coefficient (Wildman–Crippen LogP) is 0.760. The number of rotatable bonds is 4. The molecule has 6 nitrogen and oxygen atoms in total. The van der Waals surface area contributed by atoms with Crippen LogP contribution in [0, 0.1) is 5.92 Å². The number of nitrogens with zero attached hydrogens (tertiary/aromatic N) is 1. The predicted molar refractivity (Wildman–Crippen MR) is 70.4 cm³/mol. The van der Waals surface area contributed by atoms with Crippen molar-refractivity contribution < 1.29 is 23.4 Å². The van der Waals surface area contributed by atoms with Gasteiger partial charge in [-0.2, -0.15) is 4.31 Å². The van der Waals surface area contributed by atoms with E-state index in [1.165, 1.54) is 16.4 Å². The van der Waals surface area contributed by atoms with E-state index < -0.39 is 16.0 Å². The number of sulfonamides is 1. The van der Waals surface area contributed by atoms with Gasteiger partial charge in [-0.25, -0.2) is 13.2 Å². The highest BCUT2D eigenvalue weighted by Gasteiger charge is 2.37. The van der Waals surface area contributed by atoms with E-state index in [1.807, 2.05) is 0 Å². The highest BCUT2D eigenvalue weighted by molar-refractivity contribution is 9.10. The van der Waals surface area contributed by atoms with Crippen molar-refractivity contribution in [3.05, 3.63) is 28.2 Å². The number of carbonyl (C=O) groups is 1. The molecule has 1 aromatic rings.